The molecule has 1 aromatic carbocycles. The number of hydrogen-bond acceptors (Lipinski definition) is 6. The minimum atomic E-state index is -4.41. The van der Waals surface area contributed by atoms with Crippen LogP contribution in [0.5, 0.6) is 0 Å². The second kappa shape index (κ2) is 11.3. The van der Waals surface area contributed by atoms with Crippen molar-refractivity contribution < 1.29 is 17.9 Å². The van der Waals surface area contributed by atoms with Crippen LogP contribution in [0.3, 0.4) is 0 Å². The van der Waals surface area contributed by atoms with Crippen LogP contribution in [0.15, 0.2) is 54.0 Å². The molecule has 2 fully saturated rings. The number of nitrogens with zero attached hydrogens (tertiary/aromatic N) is 4. The van der Waals surface area contributed by atoms with Gasteiger partial charge in [-0.25, -0.2) is 0 Å². The lowest BCUT2D eigenvalue weighted by molar-refractivity contribution is -0.0962. The Morgan fingerprint density at radius 1 is 1.28 bits per heavy atom. The van der Waals surface area contributed by atoms with Gasteiger partial charge in [-0.05, 0) is 73.9 Å². The van der Waals surface area contributed by atoms with E-state index in [4.69, 9.17) is 4.74 Å². The molecule has 1 aliphatic carbocycles. The van der Waals surface area contributed by atoms with Gasteiger partial charge in [0, 0.05) is 51.6 Å². The van der Waals surface area contributed by atoms with E-state index in [0.717, 1.165) is 55.8 Å². The molecule has 3 atom stereocenters. The van der Waals surface area contributed by atoms with Gasteiger partial charge in [0.25, 0.3) is 0 Å². The average Bonchev–Trinajstić information content (AvgIpc) is 3.57. The molecule has 1 saturated heterocycles. The highest BCUT2D eigenvalue weighted by Crippen LogP contribution is 2.48. The van der Waals surface area contributed by atoms with E-state index >= 15 is 0 Å². The number of benzene rings is 1. The van der Waals surface area contributed by atoms with Gasteiger partial charge in [-0.2, -0.15) is 13.2 Å². The molecule has 2 aliphatic heterocycles. The van der Waals surface area contributed by atoms with E-state index in [2.05, 4.69) is 32.7 Å². The van der Waals surface area contributed by atoms with E-state index in [-0.39, 0.29) is 18.1 Å². The van der Waals surface area contributed by atoms with Crippen LogP contribution in [0, 0.1) is 5.92 Å². The molecule has 1 aromatic heterocycles. The van der Waals surface area contributed by atoms with Crippen molar-refractivity contribution >= 4 is 5.69 Å². The number of hydrogen-bond donors (Lipinski definition) is 2. The summed E-state index contributed by atoms with van der Waals surface area (Å²) in [6.45, 7) is 4.69. The molecule has 3 aliphatic rings. The molecular weight excluding hydrogens is 505 g/mol. The van der Waals surface area contributed by atoms with E-state index < -0.39 is 17.8 Å². The topological polar surface area (TPSA) is 67.2 Å². The first-order valence-electron chi connectivity index (χ1n) is 13.8. The molecule has 39 heavy (non-hydrogen) atoms. The standard InChI is InChI=1S/C29H39F3N6O/c1-20-6-5-11-38(17-20)18-21-12-25(29(30,31)32)26(34-15-21)16-33-23-8-4-7-22(13-23)24(14-28(39-3)9-10-28)27-36-35-19-37(27)2/h4,7-8,12-13,15,19-20,24,26,33-34H,5-6,9-11,14,16-18H2,1-3H3/t20-,24?,26?/m0/s1. The maximum absolute atomic E-state index is 14.1. The molecule has 0 amide bonds. The highest BCUT2D eigenvalue weighted by Gasteiger charge is 2.46. The first-order valence-corrected chi connectivity index (χ1v) is 13.8. The van der Waals surface area contributed by atoms with Crippen molar-refractivity contribution in [3.63, 3.8) is 0 Å². The zero-order valence-electron chi connectivity index (χ0n) is 23.0. The zero-order valence-corrected chi connectivity index (χ0v) is 23.0. The van der Waals surface area contributed by atoms with Gasteiger partial charge >= 0.3 is 6.18 Å². The Kier molecular flexibility index (Phi) is 8.05. The minimum absolute atomic E-state index is 0.0388. The highest BCUT2D eigenvalue weighted by atomic mass is 19.4. The number of aryl methyl sites for hydroxylation is 1. The summed E-state index contributed by atoms with van der Waals surface area (Å²) < 4.78 is 50.0. The van der Waals surface area contributed by atoms with Crippen LogP contribution in [0.25, 0.3) is 0 Å². The van der Waals surface area contributed by atoms with Gasteiger partial charge in [-0.1, -0.05) is 19.1 Å². The second-order valence-corrected chi connectivity index (χ2v) is 11.5. The molecule has 0 radical (unpaired) electrons. The predicted molar refractivity (Wildman–Crippen MR) is 145 cm³/mol. The number of aromatic nitrogens is 3. The summed E-state index contributed by atoms with van der Waals surface area (Å²) >= 11 is 0. The summed E-state index contributed by atoms with van der Waals surface area (Å²) in [5, 5.41) is 14.7. The van der Waals surface area contributed by atoms with Crippen molar-refractivity contribution in [3.05, 3.63) is 65.4 Å². The van der Waals surface area contributed by atoms with Crippen LogP contribution in [-0.2, 0) is 11.8 Å². The highest BCUT2D eigenvalue weighted by molar-refractivity contribution is 5.49. The largest absolute Gasteiger partial charge is 0.414 e. The molecule has 2 N–H and O–H groups in total. The first kappa shape index (κ1) is 27.7. The third-order valence-electron chi connectivity index (χ3n) is 8.34. The molecule has 5 rings (SSSR count). The maximum atomic E-state index is 14.1. The summed E-state index contributed by atoms with van der Waals surface area (Å²) in [5.41, 5.74) is 1.77. The zero-order chi connectivity index (χ0) is 27.6. The van der Waals surface area contributed by atoms with Gasteiger partial charge in [0.2, 0.25) is 0 Å². The monoisotopic (exact) mass is 544 g/mol. The minimum Gasteiger partial charge on any atom is -0.383 e. The third kappa shape index (κ3) is 6.66. The van der Waals surface area contributed by atoms with E-state index in [1.165, 1.54) is 12.5 Å². The predicted octanol–water partition coefficient (Wildman–Crippen LogP) is 5.00. The number of ether oxygens (including phenoxy) is 1. The lowest BCUT2D eigenvalue weighted by atomic mass is 9.90. The fourth-order valence-electron chi connectivity index (χ4n) is 5.92. The molecule has 212 valence electrons. The van der Waals surface area contributed by atoms with Crippen molar-refractivity contribution in [3.8, 4) is 0 Å². The number of dihydropyridines is 1. The van der Waals surface area contributed by atoms with Gasteiger partial charge in [0.15, 0.2) is 0 Å². The molecule has 3 heterocycles. The Balaban J connectivity index is 1.28. The van der Waals surface area contributed by atoms with E-state index in [0.29, 0.717) is 18.0 Å². The fraction of sp³-hybridized carbons (Fsp3) is 0.586. The molecular formula is C29H39F3N6O. The molecule has 1 saturated carbocycles. The molecule has 2 aromatic rings. The quantitative estimate of drug-likeness (QED) is 0.439. The van der Waals surface area contributed by atoms with Crippen LogP contribution in [0.2, 0.25) is 0 Å². The van der Waals surface area contributed by atoms with E-state index in [1.807, 2.05) is 35.9 Å². The van der Waals surface area contributed by atoms with Crippen molar-refractivity contribution in [2.45, 2.75) is 62.8 Å². The third-order valence-corrected chi connectivity index (χ3v) is 8.34. The fourth-order valence-corrected chi connectivity index (χ4v) is 5.92. The van der Waals surface area contributed by atoms with Gasteiger partial charge < -0.3 is 19.9 Å². The van der Waals surface area contributed by atoms with Gasteiger partial charge in [0.1, 0.15) is 12.2 Å². The number of piperidine rings is 1. The number of methoxy groups -OCH3 is 1. The van der Waals surface area contributed by atoms with Crippen LogP contribution < -0.4 is 10.6 Å². The van der Waals surface area contributed by atoms with Gasteiger partial charge in [-0.15, -0.1) is 10.2 Å². The van der Waals surface area contributed by atoms with E-state index in [1.54, 1.807) is 19.6 Å². The Morgan fingerprint density at radius 3 is 2.77 bits per heavy atom. The molecule has 10 heteroatoms. The molecule has 7 nitrogen and oxygen atoms in total. The number of anilines is 1. The number of nitrogens with one attached hydrogen (secondary N) is 2. The lowest BCUT2D eigenvalue weighted by Gasteiger charge is -2.33. The SMILES string of the molecule is COC1(CC(c2cccc(NCC3NC=C(CN4CCC[C@H](C)C4)C=C3C(F)(F)F)c2)c2nncn2C)CC1. The van der Waals surface area contributed by atoms with Crippen LogP contribution in [0.4, 0.5) is 18.9 Å². The van der Waals surface area contributed by atoms with Crippen molar-refractivity contribution in [1.82, 2.24) is 25.0 Å². The summed E-state index contributed by atoms with van der Waals surface area (Å²) in [6.07, 6.45) is 5.41. The molecule has 0 spiro atoms. The molecule has 0 bridgehead atoms. The lowest BCUT2D eigenvalue weighted by Crippen LogP contribution is -2.42. The summed E-state index contributed by atoms with van der Waals surface area (Å²) in [5.74, 6) is 1.38. The Bertz CT molecular complexity index is 1200. The van der Waals surface area contributed by atoms with E-state index in [9.17, 15) is 13.2 Å². The van der Waals surface area contributed by atoms with Gasteiger partial charge in [-0.3, -0.25) is 4.90 Å². The Hall–Kier alpha value is -2.85. The number of alkyl halides is 3. The summed E-state index contributed by atoms with van der Waals surface area (Å²) in [7, 11) is 3.67. The second-order valence-electron chi connectivity index (χ2n) is 11.5. The smallest absolute Gasteiger partial charge is 0.383 e. The first-order chi connectivity index (χ1) is 18.7. The normalized spacial score (nSPS) is 23.9. The van der Waals surface area contributed by atoms with Gasteiger partial charge in [0.05, 0.1) is 17.2 Å². The number of rotatable bonds is 10. The Morgan fingerprint density at radius 2 is 2.10 bits per heavy atom. The summed E-state index contributed by atoms with van der Waals surface area (Å²) in [6, 6.07) is 6.98. The van der Waals surface area contributed by atoms with Crippen molar-refractivity contribution in [1.29, 1.82) is 0 Å². The van der Waals surface area contributed by atoms with Crippen LogP contribution in [0.1, 0.15) is 56.3 Å². The van der Waals surface area contributed by atoms with Crippen molar-refractivity contribution in [2.24, 2.45) is 13.0 Å². The number of likely N-dealkylation sites (tertiary alicyclic amines) is 1. The maximum Gasteiger partial charge on any atom is 0.414 e. The van der Waals surface area contributed by atoms with Crippen LogP contribution in [-0.4, -0.2) is 70.8 Å². The average molecular weight is 545 g/mol. The number of halogens is 3. The summed E-state index contributed by atoms with van der Waals surface area (Å²) in [4.78, 5) is 2.25. The Labute approximate surface area is 228 Å². The van der Waals surface area contributed by atoms with Crippen LogP contribution >= 0.6 is 0 Å². The van der Waals surface area contributed by atoms with Crippen molar-refractivity contribution in [2.75, 3.05) is 38.6 Å². The molecule has 2 unspecified atom stereocenters.